The van der Waals surface area contributed by atoms with Crippen molar-refractivity contribution in [3.8, 4) is 0 Å². The molecule has 0 unspecified atom stereocenters. The largest absolute Gasteiger partial charge is 0.480 e. The topological polar surface area (TPSA) is 79.5 Å². The maximum atomic E-state index is 10.9. The smallest absolute Gasteiger partial charge is 0.337 e. The zero-order valence-corrected chi connectivity index (χ0v) is 9.30. The number of aromatic nitrogens is 1. The molecule has 0 spiro atoms. The third kappa shape index (κ3) is 2.85. The number of hydrogen-bond donors (Lipinski definition) is 2. The van der Waals surface area contributed by atoms with Crippen molar-refractivity contribution in [2.45, 2.75) is 26.8 Å². The number of nitrogens with zero attached hydrogens (tertiary/aromatic N) is 1. The van der Waals surface area contributed by atoms with Crippen molar-refractivity contribution in [1.82, 2.24) is 4.57 Å². The van der Waals surface area contributed by atoms with E-state index in [1.807, 2.05) is 13.8 Å². The van der Waals surface area contributed by atoms with E-state index in [1.54, 1.807) is 0 Å². The van der Waals surface area contributed by atoms with Gasteiger partial charge in [-0.25, -0.2) is 4.79 Å². The fourth-order valence-electron chi connectivity index (χ4n) is 1.61. The maximum Gasteiger partial charge on any atom is 0.337 e. The van der Waals surface area contributed by atoms with E-state index < -0.39 is 11.9 Å². The van der Waals surface area contributed by atoms with E-state index in [0.29, 0.717) is 12.1 Å². The fourth-order valence-corrected chi connectivity index (χ4v) is 1.61. The van der Waals surface area contributed by atoms with Gasteiger partial charge in [0.25, 0.3) is 0 Å². The van der Waals surface area contributed by atoms with Crippen LogP contribution in [0.1, 0.15) is 29.9 Å². The Morgan fingerprint density at radius 3 is 2.44 bits per heavy atom. The average molecular weight is 225 g/mol. The van der Waals surface area contributed by atoms with Crippen LogP contribution in [0.5, 0.6) is 0 Å². The lowest BCUT2D eigenvalue weighted by atomic mass is 10.1. The molecule has 0 aliphatic carbocycles. The van der Waals surface area contributed by atoms with Crippen molar-refractivity contribution in [3.05, 3.63) is 23.5 Å². The molecule has 5 heteroatoms. The number of aliphatic carboxylic acids is 1. The molecule has 88 valence electrons. The van der Waals surface area contributed by atoms with Gasteiger partial charge in [0.05, 0.1) is 5.56 Å². The molecule has 0 atom stereocenters. The van der Waals surface area contributed by atoms with Crippen molar-refractivity contribution in [1.29, 1.82) is 0 Å². The minimum absolute atomic E-state index is 0.190. The molecular formula is C11H15NO4. The lowest BCUT2D eigenvalue weighted by Gasteiger charge is -2.10. The molecule has 0 radical (unpaired) electrons. The molecule has 0 aliphatic rings. The minimum Gasteiger partial charge on any atom is -0.480 e. The third-order valence-electron chi connectivity index (χ3n) is 2.22. The summed E-state index contributed by atoms with van der Waals surface area (Å²) in [5.74, 6) is -1.71. The second-order valence-corrected chi connectivity index (χ2v) is 4.10. The lowest BCUT2D eigenvalue weighted by Crippen LogP contribution is -2.14. The van der Waals surface area contributed by atoms with Crippen LogP contribution in [-0.4, -0.2) is 26.7 Å². The van der Waals surface area contributed by atoms with Crippen LogP contribution in [0.3, 0.4) is 0 Å². The van der Waals surface area contributed by atoms with Crippen LogP contribution in [0.2, 0.25) is 0 Å². The zero-order valence-electron chi connectivity index (χ0n) is 9.30. The van der Waals surface area contributed by atoms with Gasteiger partial charge in [-0.15, -0.1) is 0 Å². The van der Waals surface area contributed by atoms with Crippen LogP contribution in [-0.2, 0) is 17.8 Å². The first-order valence-corrected chi connectivity index (χ1v) is 5.05. The molecule has 5 nitrogen and oxygen atoms in total. The van der Waals surface area contributed by atoms with E-state index in [4.69, 9.17) is 10.2 Å². The summed E-state index contributed by atoms with van der Waals surface area (Å²) in [5, 5.41) is 17.7. The Bertz CT molecular complexity index is 406. The summed E-state index contributed by atoms with van der Waals surface area (Å²) < 4.78 is 1.48. The molecule has 1 rings (SSSR count). The zero-order chi connectivity index (χ0) is 12.3. The molecule has 0 fully saturated rings. The summed E-state index contributed by atoms with van der Waals surface area (Å²) >= 11 is 0. The highest BCUT2D eigenvalue weighted by Gasteiger charge is 2.17. The third-order valence-corrected chi connectivity index (χ3v) is 2.22. The number of carboxylic acids is 2. The van der Waals surface area contributed by atoms with Crippen molar-refractivity contribution in [2.24, 2.45) is 5.92 Å². The van der Waals surface area contributed by atoms with Crippen LogP contribution < -0.4 is 0 Å². The summed E-state index contributed by atoms with van der Waals surface area (Å²) in [6, 6.07) is 1.45. The predicted octanol–water partition coefficient (Wildman–Crippen LogP) is 1.47. The minimum atomic E-state index is -1.01. The first-order chi connectivity index (χ1) is 7.41. The molecule has 0 aliphatic heterocycles. The molecule has 0 saturated carbocycles. The normalized spacial score (nSPS) is 10.7. The van der Waals surface area contributed by atoms with E-state index in [9.17, 15) is 9.59 Å². The SMILES string of the molecule is CC(C)Cc1c(C(=O)O)ccn1CC(=O)O. The Morgan fingerprint density at radius 2 is 2.00 bits per heavy atom. The molecule has 0 bridgehead atoms. The number of rotatable bonds is 5. The molecule has 2 N–H and O–H groups in total. The Hall–Kier alpha value is -1.78. The highest BCUT2D eigenvalue weighted by molar-refractivity contribution is 5.89. The summed E-state index contributed by atoms with van der Waals surface area (Å²) in [7, 11) is 0. The second-order valence-electron chi connectivity index (χ2n) is 4.10. The number of aromatic carboxylic acids is 1. The van der Waals surface area contributed by atoms with Gasteiger partial charge in [0.15, 0.2) is 0 Å². The predicted molar refractivity (Wildman–Crippen MR) is 57.6 cm³/mol. The van der Waals surface area contributed by atoms with Gasteiger partial charge < -0.3 is 14.8 Å². The summed E-state index contributed by atoms with van der Waals surface area (Å²) in [6.07, 6.45) is 2.07. The summed E-state index contributed by atoms with van der Waals surface area (Å²) in [4.78, 5) is 21.6. The molecule has 0 saturated heterocycles. The van der Waals surface area contributed by atoms with E-state index in [2.05, 4.69) is 0 Å². The number of carbonyl (C=O) groups is 2. The summed E-state index contributed by atoms with van der Waals surface area (Å²) in [6.45, 7) is 3.73. The fraction of sp³-hybridized carbons (Fsp3) is 0.455. The Labute approximate surface area is 93.3 Å². The monoisotopic (exact) mass is 225 g/mol. The van der Waals surface area contributed by atoms with E-state index >= 15 is 0 Å². The molecule has 16 heavy (non-hydrogen) atoms. The van der Waals surface area contributed by atoms with Gasteiger partial charge in [0, 0.05) is 11.9 Å². The van der Waals surface area contributed by atoms with Gasteiger partial charge in [-0.05, 0) is 18.4 Å². The maximum absolute atomic E-state index is 10.9. The first-order valence-electron chi connectivity index (χ1n) is 5.05. The van der Waals surface area contributed by atoms with E-state index in [-0.39, 0.29) is 18.0 Å². The van der Waals surface area contributed by atoms with E-state index in [1.165, 1.54) is 16.8 Å². The van der Waals surface area contributed by atoms with Crippen molar-refractivity contribution in [3.63, 3.8) is 0 Å². The Morgan fingerprint density at radius 1 is 1.38 bits per heavy atom. The van der Waals surface area contributed by atoms with Crippen LogP contribution in [0.4, 0.5) is 0 Å². The van der Waals surface area contributed by atoms with E-state index in [0.717, 1.165) is 0 Å². The van der Waals surface area contributed by atoms with Gasteiger partial charge in [-0.2, -0.15) is 0 Å². The van der Waals surface area contributed by atoms with Crippen molar-refractivity contribution < 1.29 is 19.8 Å². The second kappa shape index (κ2) is 4.83. The van der Waals surface area contributed by atoms with Gasteiger partial charge in [-0.3, -0.25) is 4.79 Å². The van der Waals surface area contributed by atoms with Crippen molar-refractivity contribution in [2.75, 3.05) is 0 Å². The molecule has 0 aromatic carbocycles. The van der Waals surface area contributed by atoms with Crippen LogP contribution >= 0.6 is 0 Å². The Kier molecular flexibility index (Phi) is 3.71. The van der Waals surface area contributed by atoms with Crippen LogP contribution in [0, 0.1) is 5.92 Å². The molecule has 1 aromatic heterocycles. The summed E-state index contributed by atoms with van der Waals surface area (Å²) in [5.41, 5.74) is 0.764. The average Bonchev–Trinajstić information content (AvgIpc) is 2.47. The van der Waals surface area contributed by atoms with Gasteiger partial charge in [-0.1, -0.05) is 13.8 Å². The number of hydrogen-bond acceptors (Lipinski definition) is 2. The quantitative estimate of drug-likeness (QED) is 0.795. The molecular weight excluding hydrogens is 210 g/mol. The highest BCUT2D eigenvalue weighted by Crippen LogP contribution is 2.16. The van der Waals surface area contributed by atoms with Gasteiger partial charge in [0.2, 0.25) is 0 Å². The van der Waals surface area contributed by atoms with Gasteiger partial charge >= 0.3 is 11.9 Å². The molecule has 0 amide bonds. The highest BCUT2D eigenvalue weighted by atomic mass is 16.4. The molecule has 1 aromatic rings. The van der Waals surface area contributed by atoms with Crippen LogP contribution in [0.15, 0.2) is 12.3 Å². The standard InChI is InChI=1S/C11H15NO4/c1-7(2)5-9-8(11(15)16)3-4-12(9)6-10(13)14/h3-4,7H,5-6H2,1-2H3,(H,13,14)(H,15,16). The number of carboxylic acid groups (broad SMARTS) is 2. The van der Waals surface area contributed by atoms with Gasteiger partial charge in [0.1, 0.15) is 6.54 Å². The molecule has 1 heterocycles. The van der Waals surface area contributed by atoms with Crippen molar-refractivity contribution >= 4 is 11.9 Å². The van der Waals surface area contributed by atoms with Crippen LogP contribution in [0.25, 0.3) is 0 Å². The Balaban J connectivity index is 3.08. The lowest BCUT2D eigenvalue weighted by molar-refractivity contribution is -0.137. The first kappa shape index (κ1) is 12.3.